The minimum Gasteiger partial charge on any atom is -0.267 e. The number of aromatic nitrogens is 6. The largest absolute Gasteiger partial charge is 0.267 e. The van der Waals surface area contributed by atoms with Gasteiger partial charge >= 0.3 is 0 Å². The first-order valence-electron chi connectivity index (χ1n) is 8.13. The van der Waals surface area contributed by atoms with Crippen molar-refractivity contribution in [3.8, 4) is 11.4 Å². The van der Waals surface area contributed by atoms with E-state index in [-0.39, 0.29) is 6.04 Å². The van der Waals surface area contributed by atoms with Gasteiger partial charge in [-0.25, -0.2) is 4.68 Å². The van der Waals surface area contributed by atoms with Gasteiger partial charge in [0.25, 0.3) is 0 Å². The zero-order chi connectivity index (χ0) is 17.4. The minimum absolute atomic E-state index is 0.0351. The quantitative estimate of drug-likeness (QED) is 0.559. The van der Waals surface area contributed by atoms with Gasteiger partial charge in [0.15, 0.2) is 0 Å². The van der Waals surface area contributed by atoms with Crippen molar-refractivity contribution < 1.29 is 0 Å². The topological polar surface area (TPSA) is 61.4 Å². The number of fused-ring (bicyclic) bond motifs is 1. The van der Waals surface area contributed by atoms with Crippen LogP contribution in [-0.2, 0) is 7.05 Å². The monoisotopic (exact) mass is 352 g/mol. The van der Waals surface area contributed by atoms with Crippen molar-refractivity contribution in [1.29, 1.82) is 0 Å². The zero-order valence-corrected chi connectivity index (χ0v) is 14.7. The first-order chi connectivity index (χ1) is 12.2. The standard InChI is InChI=1S/C18H17ClN6/c1-3-15(13-8-4-5-10-20-13)25-11-14(21-23-25)18-17-12(19)7-6-9-16(17)24(2)22-18/h4-11,15H,3H2,1-2H3. The molecular weight excluding hydrogens is 336 g/mol. The summed E-state index contributed by atoms with van der Waals surface area (Å²) in [6.45, 7) is 2.10. The molecule has 0 fully saturated rings. The molecule has 0 spiro atoms. The van der Waals surface area contributed by atoms with Crippen molar-refractivity contribution in [3.63, 3.8) is 0 Å². The number of nitrogens with zero attached hydrogens (tertiary/aromatic N) is 6. The van der Waals surface area contributed by atoms with Crippen LogP contribution in [0.25, 0.3) is 22.3 Å². The summed E-state index contributed by atoms with van der Waals surface area (Å²) in [4.78, 5) is 4.45. The molecule has 3 aromatic heterocycles. The molecule has 0 saturated carbocycles. The number of pyridine rings is 1. The van der Waals surface area contributed by atoms with Crippen LogP contribution < -0.4 is 0 Å². The van der Waals surface area contributed by atoms with Gasteiger partial charge in [-0.15, -0.1) is 5.10 Å². The summed E-state index contributed by atoms with van der Waals surface area (Å²) in [5, 5.41) is 14.8. The summed E-state index contributed by atoms with van der Waals surface area (Å²) < 4.78 is 3.65. The van der Waals surface area contributed by atoms with Gasteiger partial charge in [0, 0.05) is 18.6 Å². The highest BCUT2D eigenvalue weighted by Crippen LogP contribution is 2.32. The van der Waals surface area contributed by atoms with Crippen molar-refractivity contribution in [2.45, 2.75) is 19.4 Å². The summed E-state index contributed by atoms with van der Waals surface area (Å²) in [7, 11) is 1.90. The van der Waals surface area contributed by atoms with Gasteiger partial charge < -0.3 is 0 Å². The van der Waals surface area contributed by atoms with E-state index in [2.05, 4.69) is 27.3 Å². The van der Waals surface area contributed by atoms with Crippen molar-refractivity contribution >= 4 is 22.5 Å². The molecule has 0 saturated heterocycles. The molecule has 3 heterocycles. The molecule has 0 aliphatic carbocycles. The third-order valence-electron chi connectivity index (χ3n) is 4.32. The smallest absolute Gasteiger partial charge is 0.134 e. The van der Waals surface area contributed by atoms with Crippen LogP contribution in [0.5, 0.6) is 0 Å². The lowest BCUT2D eigenvalue weighted by atomic mass is 10.1. The Morgan fingerprint density at radius 1 is 1.16 bits per heavy atom. The van der Waals surface area contributed by atoms with Crippen LogP contribution in [0, 0.1) is 0 Å². The normalized spacial score (nSPS) is 12.6. The molecule has 0 amide bonds. The predicted molar refractivity (Wildman–Crippen MR) is 97.4 cm³/mol. The van der Waals surface area contributed by atoms with E-state index < -0.39 is 0 Å². The van der Waals surface area contributed by atoms with E-state index in [4.69, 9.17) is 11.6 Å². The minimum atomic E-state index is 0.0351. The lowest BCUT2D eigenvalue weighted by Crippen LogP contribution is -2.11. The number of halogens is 1. The predicted octanol–water partition coefficient (Wildman–Crippen LogP) is 3.88. The van der Waals surface area contributed by atoms with Crippen molar-refractivity contribution in [2.24, 2.45) is 7.05 Å². The zero-order valence-electron chi connectivity index (χ0n) is 14.0. The molecule has 1 atom stereocenters. The Balaban J connectivity index is 1.80. The number of hydrogen-bond acceptors (Lipinski definition) is 4. The van der Waals surface area contributed by atoms with Gasteiger partial charge in [0.1, 0.15) is 11.4 Å². The second-order valence-corrected chi connectivity index (χ2v) is 6.28. The summed E-state index contributed by atoms with van der Waals surface area (Å²) in [6.07, 6.45) is 4.57. The Morgan fingerprint density at radius 3 is 2.80 bits per heavy atom. The summed E-state index contributed by atoms with van der Waals surface area (Å²) >= 11 is 6.40. The Bertz CT molecular complexity index is 1020. The number of benzene rings is 1. The maximum atomic E-state index is 6.40. The van der Waals surface area contributed by atoms with Crippen LogP contribution >= 0.6 is 11.6 Å². The van der Waals surface area contributed by atoms with Crippen molar-refractivity contribution in [1.82, 2.24) is 29.8 Å². The van der Waals surface area contributed by atoms with E-state index in [1.165, 1.54) is 0 Å². The molecular formula is C18H17ClN6. The second-order valence-electron chi connectivity index (χ2n) is 5.87. The van der Waals surface area contributed by atoms with Crippen molar-refractivity contribution in [2.75, 3.05) is 0 Å². The van der Waals surface area contributed by atoms with Gasteiger partial charge in [-0.2, -0.15) is 5.10 Å². The van der Waals surface area contributed by atoms with Gasteiger partial charge in [-0.05, 0) is 30.7 Å². The molecule has 0 aliphatic rings. The fourth-order valence-corrected chi connectivity index (χ4v) is 3.35. The molecule has 1 aromatic carbocycles. The van der Waals surface area contributed by atoms with Crippen LogP contribution in [0.4, 0.5) is 0 Å². The fraction of sp³-hybridized carbons (Fsp3) is 0.222. The summed E-state index contributed by atoms with van der Waals surface area (Å²) in [5.74, 6) is 0. The molecule has 4 rings (SSSR count). The summed E-state index contributed by atoms with van der Waals surface area (Å²) in [5.41, 5.74) is 3.37. The molecule has 0 radical (unpaired) electrons. The first-order valence-corrected chi connectivity index (χ1v) is 8.51. The van der Waals surface area contributed by atoms with Crippen molar-refractivity contribution in [3.05, 3.63) is 59.5 Å². The average molecular weight is 353 g/mol. The van der Waals surface area contributed by atoms with Crippen LogP contribution in [0.3, 0.4) is 0 Å². The number of rotatable bonds is 4. The third-order valence-corrected chi connectivity index (χ3v) is 4.63. The average Bonchev–Trinajstić information content (AvgIpc) is 3.23. The Labute approximate surface area is 150 Å². The lowest BCUT2D eigenvalue weighted by Gasteiger charge is -2.13. The highest BCUT2D eigenvalue weighted by atomic mass is 35.5. The fourth-order valence-electron chi connectivity index (χ4n) is 3.09. The van der Waals surface area contributed by atoms with E-state index >= 15 is 0 Å². The van der Waals surface area contributed by atoms with E-state index in [0.29, 0.717) is 10.7 Å². The Hall–Kier alpha value is -2.73. The SMILES string of the molecule is CCC(c1ccccn1)n1cc(-c2nn(C)c3cccc(Cl)c23)nn1. The molecule has 126 valence electrons. The molecule has 0 bridgehead atoms. The Morgan fingerprint density at radius 2 is 2.04 bits per heavy atom. The lowest BCUT2D eigenvalue weighted by molar-refractivity contribution is 0.483. The molecule has 0 aliphatic heterocycles. The number of aryl methyl sites for hydroxylation is 1. The molecule has 7 heteroatoms. The third kappa shape index (κ3) is 2.68. The van der Waals surface area contributed by atoms with Crippen LogP contribution in [0.15, 0.2) is 48.8 Å². The Kier molecular flexibility index (Phi) is 3.97. The molecule has 0 N–H and O–H groups in total. The molecule has 6 nitrogen and oxygen atoms in total. The molecule has 1 unspecified atom stereocenters. The van der Waals surface area contributed by atoms with Gasteiger partial charge in [-0.3, -0.25) is 9.67 Å². The first kappa shape index (κ1) is 15.8. The van der Waals surface area contributed by atoms with E-state index in [9.17, 15) is 0 Å². The van der Waals surface area contributed by atoms with E-state index in [1.807, 2.05) is 59.0 Å². The number of hydrogen-bond donors (Lipinski definition) is 0. The van der Waals surface area contributed by atoms with Crippen LogP contribution in [0.2, 0.25) is 5.02 Å². The summed E-state index contributed by atoms with van der Waals surface area (Å²) in [6, 6.07) is 11.7. The highest BCUT2D eigenvalue weighted by Gasteiger charge is 2.19. The van der Waals surface area contributed by atoms with E-state index in [1.54, 1.807) is 6.20 Å². The van der Waals surface area contributed by atoms with Gasteiger partial charge in [-0.1, -0.05) is 35.9 Å². The molecule has 4 aromatic rings. The highest BCUT2D eigenvalue weighted by molar-refractivity contribution is 6.36. The molecule has 25 heavy (non-hydrogen) atoms. The second kappa shape index (κ2) is 6.29. The van der Waals surface area contributed by atoms with E-state index in [0.717, 1.165) is 28.7 Å². The van der Waals surface area contributed by atoms with Gasteiger partial charge in [0.05, 0.1) is 28.5 Å². The maximum absolute atomic E-state index is 6.40. The maximum Gasteiger partial charge on any atom is 0.134 e. The van der Waals surface area contributed by atoms with Crippen LogP contribution in [0.1, 0.15) is 25.1 Å². The van der Waals surface area contributed by atoms with Crippen LogP contribution in [-0.4, -0.2) is 29.8 Å². The van der Waals surface area contributed by atoms with Gasteiger partial charge in [0.2, 0.25) is 0 Å².